The number of ketones is 1. The first kappa shape index (κ1) is 27.9. The number of halogens is 5. The standard InChI is InChI=1S/C30H30F5NO2/c1-4-5-6-19-15-22(37)28-25(29(19)38)23(17-9-13-21(31)14-10-17)24(27(36-28)16(2)3)26(32)18-7-11-20(12-8-18)30(33,34)35/h7-14,16,19,22,26,37H,4-6,15H2,1-3H3. The first-order valence-electron chi connectivity index (χ1n) is 12.8. The summed E-state index contributed by atoms with van der Waals surface area (Å²) in [4.78, 5) is 18.4. The van der Waals surface area contributed by atoms with Gasteiger partial charge in [0.15, 0.2) is 12.0 Å². The smallest absolute Gasteiger partial charge is 0.387 e. The minimum absolute atomic E-state index is 0.0312. The van der Waals surface area contributed by atoms with Crippen LogP contribution in [0.5, 0.6) is 0 Å². The summed E-state index contributed by atoms with van der Waals surface area (Å²) in [6, 6.07) is 9.06. The van der Waals surface area contributed by atoms with Gasteiger partial charge in [-0.3, -0.25) is 9.78 Å². The van der Waals surface area contributed by atoms with Gasteiger partial charge in [0.05, 0.1) is 28.6 Å². The van der Waals surface area contributed by atoms with E-state index in [4.69, 9.17) is 0 Å². The Morgan fingerprint density at radius 3 is 2.21 bits per heavy atom. The van der Waals surface area contributed by atoms with Gasteiger partial charge >= 0.3 is 6.18 Å². The third-order valence-corrected chi connectivity index (χ3v) is 7.10. The first-order valence-corrected chi connectivity index (χ1v) is 12.8. The molecule has 0 radical (unpaired) electrons. The molecule has 1 aliphatic rings. The van der Waals surface area contributed by atoms with E-state index in [9.17, 15) is 27.5 Å². The topological polar surface area (TPSA) is 50.2 Å². The number of unbranched alkanes of at least 4 members (excludes halogenated alkanes) is 1. The van der Waals surface area contributed by atoms with Crippen molar-refractivity contribution in [2.75, 3.05) is 0 Å². The summed E-state index contributed by atoms with van der Waals surface area (Å²) >= 11 is 0. The maximum Gasteiger partial charge on any atom is 0.416 e. The summed E-state index contributed by atoms with van der Waals surface area (Å²) in [6.07, 6.45) is -5.16. The Labute approximate surface area is 218 Å². The van der Waals surface area contributed by atoms with Crippen LogP contribution in [0.4, 0.5) is 22.0 Å². The van der Waals surface area contributed by atoms with E-state index in [1.54, 1.807) is 13.8 Å². The summed E-state index contributed by atoms with van der Waals surface area (Å²) in [7, 11) is 0. The van der Waals surface area contributed by atoms with Crippen molar-refractivity contribution in [3.63, 3.8) is 0 Å². The van der Waals surface area contributed by atoms with Crippen molar-refractivity contribution in [3.05, 3.63) is 88.0 Å². The second-order valence-electron chi connectivity index (χ2n) is 10.1. The Morgan fingerprint density at radius 1 is 1.03 bits per heavy atom. The molecule has 1 aromatic heterocycles. The van der Waals surface area contributed by atoms with Gasteiger partial charge in [0.2, 0.25) is 0 Å². The lowest BCUT2D eigenvalue weighted by Crippen LogP contribution is -2.29. The van der Waals surface area contributed by atoms with E-state index in [0.29, 0.717) is 12.0 Å². The van der Waals surface area contributed by atoms with Crippen molar-refractivity contribution in [2.24, 2.45) is 5.92 Å². The number of fused-ring (bicyclic) bond motifs is 1. The number of Topliss-reactive ketones (excluding diaryl/α,β-unsaturated/α-hetero) is 1. The number of pyridine rings is 1. The number of nitrogens with zero attached hydrogens (tertiary/aromatic N) is 1. The van der Waals surface area contributed by atoms with Crippen LogP contribution < -0.4 is 0 Å². The van der Waals surface area contributed by atoms with Crippen LogP contribution in [-0.4, -0.2) is 15.9 Å². The Hall–Kier alpha value is -3.13. The summed E-state index contributed by atoms with van der Waals surface area (Å²) in [5.41, 5.74) is 0.230. The van der Waals surface area contributed by atoms with Crippen LogP contribution in [0.3, 0.4) is 0 Å². The monoisotopic (exact) mass is 531 g/mol. The van der Waals surface area contributed by atoms with Crippen molar-refractivity contribution < 1.29 is 31.9 Å². The molecular formula is C30H30F5NO2. The highest BCUT2D eigenvalue weighted by atomic mass is 19.4. The molecule has 0 aliphatic heterocycles. The van der Waals surface area contributed by atoms with Gasteiger partial charge < -0.3 is 5.11 Å². The first-order chi connectivity index (χ1) is 17.9. The van der Waals surface area contributed by atoms with Gasteiger partial charge in [0.25, 0.3) is 0 Å². The van der Waals surface area contributed by atoms with E-state index in [0.717, 1.165) is 37.1 Å². The van der Waals surface area contributed by atoms with E-state index >= 15 is 4.39 Å². The lowest BCUT2D eigenvalue weighted by molar-refractivity contribution is -0.137. The number of alkyl halides is 4. The number of hydrogen-bond acceptors (Lipinski definition) is 3. The zero-order chi connectivity index (χ0) is 27.8. The number of aliphatic hydroxyl groups is 1. The Kier molecular flexibility index (Phi) is 8.02. The van der Waals surface area contributed by atoms with Crippen molar-refractivity contribution in [1.29, 1.82) is 0 Å². The molecule has 0 fully saturated rings. The van der Waals surface area contributed by atoms with Gasteiger partial charge in [0.1, 0.15) is 5.82 Å². The maximum atomic E-state index is 16.5. The normalized spacial score (nSPS) is 18.5. The molecule has 3 nitrogen and oxygen atoms in total. The molecule has 0 spiro atoms. The van der Waals surface area contributed by atoms with Gasteiger partial charge in [-0.1, -0.05) is 57.9 Å². The average molecular weight is 532 g/mol. The molecule has 8 heteroatoms. The number of aliphatic hydroxyl groups excluding tert-OH is 1. The fourth-order valence-corrected chi connectivity index (χ4v) is 5.14. The van der Waals surface area contributed by atoms with Gasteiger partial charge in [-0.05, 0) is 54.2 Å². The van der Waals surface area contributed by atoms with Gasteiger partial charge in [-0.15, -0.1) is 0 Å². The molecule has 202 valence electrons. The van der Waals surface area contributed by atoms with Gasteiger partial charge in [0, 0.05) is 17.0 Å². The number of rotatable bonds is 7. The molecule has 4 rings (SSSR count). The summed E-state index contributed by atoms with van der Waals surface area (Å²) in [5.74, 6) is -1.61. The Bertz CT molecular complexity index is 1300. The van der Waals surface area contributed by atoms with Crippen molar-refractivity contribution in [3.8, 4) is 11.1 Å². The molecule has 3 atom stereocenters. The van der Waals surface area contributed by atoms with Crippen LogP contribution in [0, 0.1) is 11.7 Å². The number of benzene rings is 2. The number of hydrogen-bond donors (Lipinski definition) is 1. The zero-order valence-corrected chi connectivity index (χ0v) is 21.4. The van der Waals surface area contributed by atoms with Crippen molar-refractivity contribution in [2.45, 2.75) is 70.8 Å². The molecule has 3 unspecified atom stereocenters. The summed E-state index contributed by atoms with van der Waals surface area (Å²) < 4.78 is 69.7. The van der Waals surface area contributed by atoms with Crippen molar-refractivity contribution >= 4 is 5.78 Å². The van der Waals surface area contributed by atoms with Crippen LogP contribution in [0.1, 0.15) is 103 Å². The predicted octanol–water partition coefficient (Wildman–Crippen LogP) is 8.52. The molecule has 0 amide bonds. The fourth-order valence-electron chi connectivity index (χ4n) is 5.14. The van der Waals surface area contributed by atoms with Crippen LogP contribution in [-0.2, 0) is 6.18 Å². The van der Waals surface area contributed by atoms with E-state index in [-0.39, 0.29) is 51.8 Å². The predicted molar refractivity (Wildman–Crippen MR) is 135 cm³/mol. The van der Waals surface area contributed by atoms with Crippen LogP contribution in [0.2, 0.25) is 0 Å². The molecule has 38 heavy (non-hydrogen) atoms. The van der Waals surface area contributed by atoms with E-state index in [1.807, 2.05) is 6.92 Å². The second kappa shape index (κ2) is 10.9. The van der Waals surface area contributed by atoms with Crippen molar-refractivity contribution in [1.82, 2.24) is 4.98 Å². The quantitative estimate of drug-likeness (QED) is 0.311. The average Bonchev–Trinajstić information content (AvgIpc) is 2.88. The Balaban J connectivity index is 2.00. The number of carbonyl (C=O) groups is 1. The van der Waals surface area contributed by atoms with Gasteiger partial charge in [-0.2, -0.15) is 13.2 Å². The molecule has 1 aliphatic carbocycles. The molecule has 1 heterocycles. The largest absolute Gasteiger partial charge is 0.416 e. The highest BCUT2D eigenvalue weighted by Crippen LogP contribution is 2.47. The molecule has 0 saturated heterocycles. The summed E-state index contributed by atoms with van der Waals surface area (Å²) in [5, 5.41) is 11.0. The van der Waals surface area contributed by atoms with Crippen LogP contribution in [0.25, 0.3) is 11.1 Å². The van der Waals surface area contributed by atoms with Crippen LogP contribution >= 0.6 is 0 Å². The zero-order valence-electron chi connectivity index (χ0n) is 21.4. The molecule has 0 bridgehead atoms. The minimum Gasteiger partial charge on any atom is -0.387 e. The fraction of sp³-hybridized carbons (Fsp3) is 0.400. The summed E-state index contributed by atoms with van der Waals surface area (Å²) in [6.45, 7) is 5.56. The third-order valence-electron chi connectivity index (χ3n) is 7.10. The lowest BCUT2D eigenvalue weighted by Gasteiger charge is -2.32. The molecule has 3 aromatic rings. The van der Waals surface area contributed by atoms with E-state index < -0.39 is 35.8 Å². The maximum absolute atomic E-state index is 16.5. The lowest BCUT2D eigenvalue weighted by atomic mass is 9.75. The molecule has 1 N–H and O–H groups in total. The highest BCUT2D eigenvalue weighted by molar-refractivity contribution is 6.06. The Morgan fingerprint density at radius 2 is 1.66 bits per heavy atom. The van der Waals surface area contributed by atoms with E-state index in [2.05, 4.69) is 4.98 Å². The van der Waals surface area contributed by atoms with Crippen LogP contribution in [0.15, 0.2) is 48.5 Å². The number of carbonyl (C=O) groups excluding carboxylic acids is 1. The SMILES string of the molecule is CCCCC1CC(O)c2nc(C(C)C)c(C(F)c3ccc(C(F)(F)F)cc3)c(-c3ccc(F)cc3)c2C1=O. The molecule has 2 aromatic carbocycles. The second-order valence-corrected chi connectivity index (χ2v) is 10.1. The third kappa shape index (κ3) is 5.37. The van der Waals surface area contributed by atoms with E-state index in [1.165, 1.54) is 24.3 Å². The number of aromatic nitrogens is 1. The highest BCUT2D eigenvalue weighted by Gasteiger charge is 2.39. The molecular weight excluding hydrogens is 501 g/mol. The molecule has 0 saturated carbocycles. The van der Waals surface area contributed by atoms with Gasteiger partial charge in [-0.25, -0.2) is 8.78 Å². The minimum atomic E-state index is -4.57.